The quantitative estimate of drug-likeness (QED) is 0.658. The first-order valence-electron chi connectivity index (χ1n) is 8.91. The van der Waals surface area contributed by atoms with Gasteiger partial charge in [-0.25, -0.2) is 0 Å². The van der Waals surface area contributed by atoms with Crippen molar-refractivity contribution in [3.8, 4) is 11.1 Å². The second kappa shape index (κ2) is 8.32. The van der Waals surface area contributed by atoms with Gasteiger partial charge in [0.2, 0.25) is 5.91 Å². The molecular weight excluding hydrogens is 336 g/mol. The molecular formula is C23H22N2O2. The summed E-state index contributed by atoms with van der Waals surface area (Å²) in [5.41, 5.74) is 3.87. The van der Waals surface area contributed by atoms with Crippen molar-refractivity contribution in [1.29, 1.82) is 0 Å². The maximum absolute atomic E-state index is 12.8. The van der Waals surface area contributed by atoms with Gasteiger partial charge in [-0.2, -0.15) is 0 Å². The van der Waals surface area contributed by atoms with Crippen molar-refractivity contribution < 1.29 is 9.59 Å². The standard InChI is InChI=1S/C23H22N2O2/c1-16(2)22(26)24-18-12-14-19(15-13-18)25-23(27)21-11-7-6-10-20(21)17-8-4-3-5-9-17/h3-16H,1-2H3,(H,24,26)(H,25,27). The van der Waals surface area contributed by atoms with Gasteiger partial charge >= 0.3 is 0 Å². The summed E-state index contributed by atoms with van der Waals surface area (Å²) in [6.07, 6.45) is 0. The highest BCUT2D eigenvalue weighted by Crippen LogP contribution is 2.24. The average molecular weight is 358 g/mol. The summed E-state index contributed by atoms with van der Waals surface area (Å²) in [6.45, 7) is 3.68. The number of rotatable bonds is 5. The van der Waals surface area contributed by atoms with Crippen LogP contribution in [0.25, 0.3) is 11.1 Å². The summed E-state index contributed by atoms with van der Waals surface area (Å²) < 4.78 is 0. The van der Waals surface area contributed by atoms with Crippen LogP contribution in [0.1, 0.15) is 24.2 Å². The van der Waals surface area contributed by atoms with Crippen molar-refractivity contribution in [1.82, 2.24) is 0 Å². The lowest BCUT2D eigenvalue weighted by atomic mass is 9.99. The highest BCUT2D eigenvalue weighted by atomic mass is 16.2. The zero-order chi connectivity index (χ0) is 19.2. The van der Waals surface area contributed by atoms with E-state index in [9.17, 15) is 9.59 Å². The number of amides is 2. The van der Waals surface area contributed by atoms with E-state index in [1.165, 1.54) is 0 Å². The molecule has 0 aliphatic heterocycles. The Hall–Kier alpha value is -3.40. The van der Waals surface area contributed by atoms with E-state index >= 15 is 0 Å². The maximum Gasteiger partial charge on any atom is 0.256 e. The topological polar surface area (TPSA) is 58.2 Å². The zero-order valence-electron chi connectivity index (χ0n) is 15.4. The van der Waals surface area contributed by atoms with Crippen LogP contribution >= 0.6 is 0 Å². The summed E-state index contributed by atoms with van der Waals surface area (Å²) in [4.78, 5) is 24.5. The molecule has 0 aliphatic rings. The summed E-state index contributed by atoms with van der Waals surface area (Å²) in [6, 6.07) is 24.5. The van der Waals surface area contributed by atoms with Gasteiger partial charge < -0.3 is 10.6 Å². The average Bonchev–Trinajstić information content (AvgIpc) is 2.70. The Balaban J connectivity index is 1.76. The summed E-state index contributed by atoms with van der Waals surface area (Å²) in [5.74, 6) is -0.295. The zero-order valence-corrected chi connectivity index (χ0v) is 15.4. The molecule has 2 amide bonds. The lowest BCUT2D eigenvalue weighted by Gasteiger charge is -2.12. The third kappa shape index (κ3) is 4.61. The fourth-order valence-electron chi connectivity index (χ4n) is 2.67. The molecule has 0 spiro atoms. The van der Waals surface area contributed by atoms with Crippen molar-refractivity contribution >= 4 is 23.2 Å². The second-order valence-electron chi connectivity index (χ2n) is 6.59. The van der Waals surface area contributed by atoms with Crippen LogP contribution in [0.2, 0.25) is 0 Å². The van der Waals surface area contributed by atoms with Crippen LogP contribution in [-0.2, 0) is 4.79 Å². The molecule has 0 unspecified atom stereocenters. The van der Waals surface area contributed by atoms with E-state index < -0.39 is 0 Å². The molecule has 0 aliphatic carbocycles. The van der Waals surface area contributed by atoms with Crippen molar-refractivity contribution in [2.45, 2.75) is 13.8 Å². The molecule has 0 atom stereocenters. The van der Waals surface area contributed by atoms with Gasteiger partial charge in [0.25, 0.3) is 5.91 Å². The van der Waals surface area contributed by atoms with Crippen LogP contribution in [0.3, 0.4) is 0 Å². The van der Waals surface area contributed by atoms with E-state index in [0.29, 0.717) is 16.9 Å². The Labute approximate surface area is 159 Å². The highest BCUT2D eigenvalue weighted by Gasteiger charge is 2.13. The predicted molar refractivity (Wildman–Crippen MR) is 110 cm³/mol. The van der Waals surface area contributed by atoms with Crippen molar-refractivity contribution in [2.24, 2.45) is 5.92 Å². The molecule has 4 nitrogen and oxygen atoms in total. The molecule has 136 valence electrons. The number of anilines is 2. The first-order chi connectivity index (χ1) is 13.0. The lowest BCUT2D eigenvalue weighted by molar-refractivity contribution is -0.118. The van der Waals surface area contributed by atoms with Gasteiger partial charge in [-0.05, 0) is 41.5 Å². The summed E-state index contributed by atoms with van der Waals surface area (Å²) in [7, 11) is 0. The number of benzene rings is 3. The van der Waals surface area contributed by atoms with E-state index in [2.05, 4.69) is 10.6 Å². The van der Waals surface area contributed by atoms with Gasteiger partial charge in [0.1, 0.15) is 0 Å². The normalized spacial score (nSPS) is 10.5. The number of carbonyl (C=O) groups is 2. The Morgan fingerprint density at radius 1 is 0.704 bits per heavy atom. The van der Waals surface area contributed by atoms with Crippen LogP contribution in [-0.4, -0.2) is 11.8 Å². The molecule has 0 saturated carbocycles. The number of carbonyl (C=O) groups excluding carboxylic acids is 2. The molecule has 3 aromatic rings. The molecule has 0 fully saturated rings. The van der Waals surface area contributed by atoms with Crippen LogP contribution < -0.4 is 10.6 Å². The Kier molecular flexibility index (Phi) is 5.67. The molecule has 3 aromatic carbocycles. The molecule has 0 bridgehead atoms. The number of hydrogen-bond acceptors (Lipinski definition) is 2. The molecule has 2 N–H and O–H groups in total. The number of hydrogen-bond donors (Lipinski definition) is 2. The second-order valence-corrected chi connectivity index (χ2v) is 6.59. The fraction of sp³-hybridized carbons (Fsp3) is 0.130. The largest absolute Gasteiger partial charge is 0.326 e. The minimum Gasteiger partial charge on any atom is -0.326 e. The van der Waals surface area contributed by atoms with E-state index in [0.717, 1.165) is 11.1 Å². The van der Waals surface area contributed by atoms with E-state index in [4.69, 9.17) is 0 Å². The molecule has 0 radical (unpaired) electrons. The van der Waals surface area contributed by atoms with Crippen molar-refractivity contribution in [3.05, 3.63) is 84.4 Å². The highest BCUT2D eigenvalue weighted by molar-refractivity contribution is 6.08. The molecule has 0 aromatic heterocycles. The van der Waals surface area contributed by atoms with Crippen molar-refractivity contribution in [3.63, 3.8) is 0 Å². The first kappa shape index (κ1) is 18.4. The van der Waals surface area contributed by atoms with Gasteiger partial charge in [0.05, 0.1) is 0 Å². The Bertz CT molecular complexity index is 932. The summed E-state index contributed by atoms with van der Waals surface area (Å²) >= 11 is 0. The molecule has 0 saturated heterocycles. The molecule has 0 heterocycles. The smallest absolute Gasteiger partial charge is 0.256 e. The number of nitrogens with one attached hydrogen (secondary N) is 2. The van der Waals surface area contributed by atoms with Crippen LogP contribution in [0.4, 0.5) is 11.4 Å². The fourth-order valence-corrected chi connectivity index (χ4v) is 2.67. The first-order valence-corrected chi connectivity index (χ1v) is 8.91. The van der Waals surface area contributed by atoms with Crippen molar-refractivity contribution in [2.75, 3.05) is 10.6 Å². The van der Waals surface area contributed by atoms with E-state index in [1.807, 2.05) is 68.4 Å². The van der Waals surface area contributed by atoms with Gasteiger partial charge in [-0.1, -0.05) is 62.4 Å². The lowest BCUT2D eigenvalue weighted by Crippen LogP contribution is -2.17. The van der Waals surface area contributed by atoms with E-state index in [-0.39, 0.29) is 17.7 Å². The predicted octanol–water partition coefficient (Wildman–Crippen LogP) is 5.20. The third-order valence-electron chi connectivity index (χ3n) is 4.19. The molecule has 4 heteroatoms. The van der Waals surface area contributed by atoms with Gasteiger partial charge in [0.15, 0.2) is 0 Å². The van der Waals surface area contributed by atoms with Gasteiger partial charge in [-0.15, -0.1) is 0 Å². The summed E-state index contributed by atoms with van der Waals surface area (Å²) in [5, 5.41) is 5.75. The van der Waals surface area contributed by atoms with Crippen LogP contribution in [0, 0.1) is 5.92 Å². The monoisotopic (exact) mass is 358 g/mol. The van der Waals surface area contributed by atoms with Gasteiger partial charge in [-0.3, -0.25) is 9.59 Å². The van der Waals surface area contributed by atoms with Crippen LogP contribution in [0.15, 0.2) is 78.9 Å². The Morgan fingerprint density at radius 3 is 1.89 bits per heavy atom. The minimum absolute atomic E-state index is 0.0384. The van der Waals surface area contributed by atoms with Gasteiger partial charge in [0, 0.05) is 22.9 Å². The van der Waals surface area contributed by atoms with Crippen LogP contribution in [0.5, 0.6) is 0 Å². The Morgan fingerprint density at radius 2 is 1.26 bits per heavy atom. The molecule has 27 heavy (non-hydrogen) atoms. The molecule has 3 rings (SSSR count). The SMILES string of the molecule is CC(C)C(=O)Nc1ccc(NC(=O)c2ccccc2-c2ccccc2)cc1. The third-order valence-corrected chi connectivity index (χ3v) is 4.19. The maximum atomic E-state index is 12.8. The van der Waals surface area contributed by atoms with E-state index in [1.54, 1.807) is 24.3 Å². The minimum atomic E-state index is -0.173.